The van der Waals surface area contributed by atoms with E-state index in [1.54, 1.807) is 12.1 Å². The summed E-state index contributed by atoms with van der Waals surface area (Å²) in [4.78, 5) is 10.8. The molecule has 1 unspecified atom stereocenters. The van der Waals surface area contributed by atoms with Crippen LogP contribution in [-0.2, 0) is 0 Å². The van der Waals surface area contributed by atoms with E-state index >= 15 is 0 Å². The van der Waals surface area contributed by atoms with E-state index in [4.69, 9.17) is 21.2 Å². The number of aromatic carboxylic acids is 1. The summed E-state index contributed by atoms with van der Waals surface area (Å²) in [6.45, 7) is 1.95. The molecule has 0 aliphatic rings. The fourth-order valence-corrected chi connectivity index (χ4v) is 2.32. The number of hydrogen-bond acceptors (Lipinski definition) is 3. The highest BCUT2D eigenvalue weighted by Gasteiger charge is 2.07. The Labute approximate surface area is 140 Å². The number of benzene rings is 1. The van der Waals surface area contributed by atoms with Crippen LogP contribution < -0.4 is 0 Å². The SMILES string of the molecule is C/C=C\C(Cl)CC/C=C/c1cc(-c2ccc(C(=O)O)cc2)on1. The number of hydrogen-bond donors (Lipinski definition) is 1. The maximum absolute atomic E-state index is 10.8. The van der Waals surface area contributed by atoms with Gasteiger partial charge in [-0.05, 0) is 38.0 Å². The van der Waals surface area contributed by atoms with Crippen molar-refractivity contribution in [2.75, 3.05) is 0 Å². The maximum atomic E-state index is 10.8. The molecule has 1 N–H and O–H groups in total. The number of alkyl halides is 1. The molecule has 1 atom stereocenters. The Balaban J connectivity index is 1.96. The van der Waals surface area contributed by atoms with Crippen LogP contribution in [0.2, 0.25) is 0 Å². The van der Waals surface area contributed by atoms with Gasteiger partial charge in [-0.1, -0.05) is 35.5 Å². The van der Waals surface area contributed by atoms with Gasteiger partial charge in [-0.15, -0.1) is 11.6 Å². The first-order valence-electron chi connectivity index (χ1n) is 7.34. The highest BCUT2D eigenvalue weighted by molar-refractivity contribution is 6.21. The van der Waals surface area contributed by atoms with Gasteiger partial charge < -0.3 is 9.63 Å². The highest BCUT2D eigenvalue weighted by atomic mass is 35.5. The molecule has 0 aliphatic heterocycles. The van der Waals surface area contributed by atoms with Gasteiger partial charge in [0.15, 0.2) is 5.76 Å². The van der Waals surface area contributed by atoms with Crippen LogP contribution in [0.25, 0.3) is 17.4 Å². The molecule has 0 fully saturated rings. The molecule has 1 aromatic heterocycles. The Hall–Kier alpha value is -2.33. The van der Waals surface area contributed by atoms with Crippen molar-refractivity contribution in [1.82, 2.24) is 5.16 Å². The predicted octanol–water partition coefficient (Wildman–Crippen LogP) is 5.02. The van der Waals surface area contributed by atoms with Gasteiger partial charge in [0.2, 0.25) is 0 Å². The summed E-state index contributed by atoms with van der Waals surface area (Å²) >= 11 is 6.09. The van der Waals surface area contributed by atoms with E-state index in [1.807, 2.05) is 37.3 Å². The number of carbonyl (C=O) groups is 1. The number of rotatable bonds is 7. The lowest BCUT2D eigenvalue weighted by atomic mass is 10.1. The van der Waals surface area contributed by atoms with Gasteiger partial charge in [-0.3, -0.25) is 0 Å². The summed E-state index contributed by atoms with van der Waals surface area (Å²) in [5.41, 5.74) is 1.75. The van der Waals surface area contributed by atoms with Crippen molar-refractivity contribution in [3.63, 3.8) is 0 Å². The van der Waals surface area contributed by atoms with Crippen molar-refractivity contribution in [2.45, 2.75) is 25.1 Å². The van der Waals surface area contributed by atoms with Crippen LogP contribution in [0.3, 0.4) is 0 Å². The third-order valence-corrected chi connectivity index (χ3v) is 3.61. The third kappa shape index (κ3) is 5.11. The van der Waals surface area contributed by atoms with Crippen LogP contribution in [0.15, 0.2) is 53.1 Å². The second-order valence-corrected chi connectivity index (χ2v) is 5.58. The van der Waals surface area contributed by atoms with Gasteiger partial charge in [-0.25, -0.2) is 4.79 Å². The van der Waals surface area contributed by atoms with E-state index < -0.39 is 5.97 Å². The summed E-state index contributed by atoms with van der Waals surface area (Å²) in [6.07, 6.45) is 9.52. The van der Waals surface area contributed by atoms with E-state index in [0.717, 1.165) is 24.1 Å². The number of carboxylic acid groups (broad SMARTS) is 1. The van der Waals surface area contributed by atoms with Gasteiger partial charge >= 0.3 is 5.97 Å². The fraction of sp³-hybridized carbons (Fsp3) is 0.222. The minimum Gasteiger partial charge on any atom is -0.478 e. The van der Waals surface area contributed by atoms with Crippen LogP contribution in [0.1, 0.15) is 35.8 Å². The van der Waals surface area contributed by atoms with Crippen LogP contribution in [0.4, 0.5) is 0 Å². The van der Waals surface area contributed by atoms with Crippen molar-refractivity contribution in [1.29, 1.82) is 0 Å². The number of carboxylic acids is 1. The second-order valence-electron chi connectivity index (χ2n) is 5.02. The molecule has 0 saturated heterocycles. The fourth-order valence-electron chi connectivity index (χ4n) is 2.05. The molecule has 0 bridgehead atoms. The monoisotopic (exact) mass is 331 g/mol. The second kappa shape index (κ2) is 8.34. The quantitative estimate of drug-likeness (QED) is 0.571. The molecule has 0 radical (unpaired) electrons. The summed E-state index contributed by atoms with van der Waals surface area (Å²) in [5, 5.41) is 12.9. The average Bonchev–Trinajstić information content (AvgIpc) is 3.01. The molecular formula is C18H18ClNO3. The Morgan fingerprint density at radius 1 is 1.39 bits per heavy atom. The predicted molar refractivity (Wildman–Crippen MR) is 91.6 cm³/mol. The van der Waals surface area contributed by atoms with E-state index in [1.165, 1.54) is 12.1 Å². The molecule has 0 amide bonds. The van der Waals surface area contributed by atoms with Gasteiger partial charge in [-0.2, -0.15) is 0 Å². The van der Waals surface area contributed by atoms with Crippen LogP contribution in [-0.4, -0.2) is 21.6 Å². The summed E-state index contributed by atoms with van der Waals surface area (Å²) in [7, 11) is 0. The van der Waals surface area contributed by atoms with E-state index in [-0.39, 0.29) is 10.9 Å². The van der Waals surface area contributed by atoms with Crippen molar-refractivity contribution in [3.8, 4) is 11.3 Å². The van der Waals surface area contributed by atoms with Crippen molar-refractivity contribution >= 4 is 23.6 Å². The zero-order valence-electron chi connectivity index (χ0n) is 12.8. The Morgan fingerprint density at radius 2 is 2.13 bits per heavy atom. The molecule has 5 heteroatoms. The van der Waals surface area contributed by atoms with Crippen molar-refractivity contribution in [2.24, 2.45) is 0 Å². The molecule has 1 aromatic carbocycles. The standard InChI is InChI=1S/C18H18ClNO3/c1-2-5-15(19)6-3-4-7-16-12-17(23-20-16)13-8-10-14(11-9-13)18(21)22/h2,4-5,7-12,15H,3,6H2,1H3,(H,21,22)/b5-2-,7-4+. The van der Waals surface area contributed by atoms with E-state index in [0.29, 0.717) is 5.76 Å². The molecule has 23 heavy (non-hydrogen) atoms. The first-order valence-corrected chi connectivity index (χ1v) is 7.77. The van der Waals surface area contributed by atoms with Gasteiger partial charge in [0.1, 0.15) is 5.69 Å². The average molecular weight is 332 g/mol. The third-order valence-electron chi connectivity index (χ3n) is 3.24. The minimum absolute atomic E-state index is 0.0465. The number of allylic oxidation sites excluding steroid dienone is 3. The molecule has 0 spiro atoms. The largest absolute Gasteiger partial charge is 0.478 e. The molecule has 120 valence electrons. The normalized spacial score (nSPS) is 13.0. The maximum Gasteiger partial charge on any atom is 0.335 e. The Bertz CT molecular complexity index is 701. The first-order chi connectivity index (χ1) is 11.1. The summed E-state index contributed by atoms with van der Waals surface area (Å²) in [6, 6.07) is 8.30. The molecule has 1 heterocycles. The Morgan fingerprint density at radius 3 is 2.78 bits per heavy atom. The lowest BCUT2D eigenvalue weighted by molar-refractivity contribution is 0.0697. The topological polar surface area (TPSA) is 63.3 Å². The number of aromatic nitrogens is 1. The zero-order valence-corrected chi connectivity index (χ0v) is 13.5. The molecule has 0 aliphatic carbocycles. The molecule has 0 saturated carbocycles. The van der Waals surface area contributed by atoms with Crippen LogP contribution in [0.5, 0.6) is 0 Å². The summed E-state index contributed by atoms with van der Waals surface area (Å²) in [5.74, 6) is -0.348. The van der Waals surface area contributed by atoms with E-state index in [2.05, 4.69) is 5.16 Å². The lowest BCUT2D eigenvalue weighted by Gasteiger charge is -1.98. The smallest absolute Gasteiger partial charge is 0.335 e. The van der Waals surface area contributed by atoms with Gasteiger partial charge in [0.25, 0.3) is 0 Å². The van der Waals surface area contributed by atoms with Gasteiger partial charge in [0, 0.05) is 11.6 Å². The van der Waals surface area contributed by atoms with Crippen molar-refractivity contribution in [3.05, 3.63) is 59.8 Å². The molecule has 2 rings (SSSR count). The summed E-state index contributed by atoms with van der Waals surface area (Å²) < 4.78 is 5.28. The highest BCUT2D eigenvalue weighted by Crippen LogP contribution is 2.21. The molecule has 2 aromatic rings. The zero-order chi connectivity index (χ0) is 16.7. The minimum atomic E-state index is -0.951. The first kappa shape index (κ1) is 17.0. The van der Waals surface area contributed by atoms with Crippen molar-refractivity contribution < 1.29 is 14.4 Å². The van der Waals surface area contributed by atoms with Crippen LogP contribution in [0, 0.1) is 0 Å². The number of nitrogens with zero attached hydrogens (tertiary/aromatic N) is 1. The molecule has 4 nitrogen and oxygen atoms in total. The van der Waals surface area contributed by atoms with Gasteiger partial charge in [0.05, 0.1) is 10.9 Å². The lowest BCUT2D eigenvalue weighted by Crippen LogP contribution is -1.94. The van der Waals surface area contributed by atoms with E-state index in [9.17, 15) is 4.79 Å². The molecular weight excluding hydrogens is 314 g/mol. The number of halogens is 1. The Kier molecular flexibility index (Phi) is 6.18. The van der Waals surface area contributed by atoms with Crippen LogP contribution >= 0.6 is 11.6 Å².